The number of aromatic amines is 1. The van der Waals surface area contributed by atoms with E-state index < -0.39 is 0 Å². The van der Waals surface area contributed by atoms with Gasteiger partial charge in [-0.15, -0.1) is 0 Å². The number of carbonyl (C=O) groups is 1. The first-order valence-corrected chi connectivity index (χ1v) is 10.8. The van der Waals surface area contributed by atoms with Crippen LogP contribution in [0.1, 0.15) is 12.5 Å². The van der Waals surface area contributed by atoms with Gasteiger partial charge in [0, 0.05) is 53.0 Å². The number of hydrogen-bond donors (Lipinski definition) is 3. The van der Waals surface area contributed by atoms with Gasteiger partial charge in [-0.2, -0.15) is 10.4 Å². The number of amides is 2. The van der Waals surface area contributed by atoms with Crippen molar-refractivity contribution < 1.29 is 4.79 Å². The maximum atomic E-state index is 12.4. The Kier molecular flexibility index (Phi) is 5.50. The van der Waals surface area contributed by atoms with Gasteiger partial charge in [-0.25, -0.2) is 9.78 Å². The summed E-state index contributed by atoms with van der Waals surface area (Å²) in [5, 5.41) is 20.4. The summed E-state index contributed by atoms with van der Waals surface area (Å²) in [6.45, 7) is 2.80. The molecule has 0 atom stereocenters. The summed E-state index contributed by atoms with van der Waals surface area (Å²) < 4.78 is 1.92. The summed E-state index contributed by atoms with van der Waals surface area (Å²) in [5.41, 5.74) is 6.39. The Hall–Kier alpha value is -4.90. The third-order valence-corrected chi connectivity index (χ3v) is 5.50. The molecule has 5 rings (SSSR count). The van der Waals surface area contributed by atoms with Gasteiger partial charge in [-0.05, 0) is 55.0 Å². The molecule has 0 fully saturated rings. The Bertz CT molecular complexity index is 1520. The van der Waals surface area contributed by atoms with Gasteiger partial charge in [0.25, 0.3) is 0 Å². The highest BCUT2D eigenvalue weighted by atomic mass is 16.2. The summed E-state index contributed by atoms with van der Waals surface area (Å²) in [6.07, 6.45) is 5.72. The molecule has 3 aromatic heterocycles. The first-order chi connectivity index (χ1) is 16.6. The maximum absolute atomic E-state index is 12.4. The number of nitrogens with zero attached hydrogens (tertiary/aromatic N) is 4. The molecule has 3 N–H and O–H groups in total. The van der Waals surface area contributed by atoms with Gasteiger partial charge >= 0.3 is 6.03 Å². The fraction of sp³-hybridized carbons (Fsp3) is 0.0769. The van der Waals surface area contributed by atoms with Crippen molar-refractivity contribution in [1.82, 2.24) is 19.7 Å². The number of H-pyrrole nitrogens is 1. The van der Waals surface area contributed by atoms with Crippen molar-refractivity contribution >= 4 is 28.4 Å². The minimum Gasteiger partial charge on any atom is -0.346 e. The third kappa shape index (κ3) is 4.10. The molecule has 0 saturated heterocycles. The maximum Gasteiger partial charge on any atom is 0.323 e. The van der Waals surface area contributed by atoms with Crippen molar-refractivity contribution in [2.75, 3.05) is 10.6 Å². The van der Waals surface area contributed by atoms with E-state index in [1.54, 1.807) is 30.5 Å². The SMILES string of the molecule is CCn1cc(-c2ccnc3[nH]ccc23)c(-c2ccc(NC(=O)Nc3cccc(C#N)c3)cc2)n1. The van der Waals surface area contributed by atoms with Gasteiger partial charge in [0.1, 0.15) is 11.3 Å². The fourth-order valence-electron chi connectivity index (χ4n) is 3.86. The van der Waals surface area contributed by atoms with Gasteiger partial charge < -0.3 is 15.6 Å². The quantitative estimate of drug-likeness (QED) is 0.324. The second-order valence-corrected chi connectivity index (χ2v) is 7.69. The number of nitrogens with one attached hydrogen (secondary N) is 3. The summed E-state index contributed by atoms with van der Waals surface area (Å²) in [6, 6.07) is 20.0. The molecular weight excluding hydrogens is 426 g/mol. The Morgan fingerprint density at radius 1 is 1.06 bits per heavy atom. The molecule has 0 aliphatic carbocycles. The summed E-state index contributed by atoms with van der Waals surface area (Å²) in [5.74, 6) is 0. The first-order valence-electron chi connectivity index (χ1n) is 10.8. The molecule has 0 radical (unpaired) electrons. The Morgan fingerprint density at radius 2 is 1.88 bits per heavy atom. The second kappa shape index (κ2) is 8.92. The minimum absolute atomic E-state index is 0.384. The molecule has 34 heavy (non-hydrogen) atoms. The highest BCUT2D eigenvalue weighted by molar-refractivity contribution is 6.00. The minimum atomic E-state index is -0.384. The molecule has 5 aromatic rings. The van der Waals surface area contributed by atoms with Crippen LogP contribution in [0.5, 0.6) is 0 Å². The number of benzene rings is 2. The van der Waals surface area contributed by atoms with E-state index in [0.717, 1.165) is 40.0 Å². The third-order valence-electron chi connectivity index (χ3n) is 5.50. The summed E-state index contributed by atoms with van der Waals surface area (Å²) >= 11 is 0. The number of aromatic nitrogens is 4. The zero-order chi connectivity index (χ0) is 23.5. The van der Waals surface area contributed by atoms with E-state index in [1.807, 2.05) is 53.5 Å². The lowest BCUT2D eigenvalue weighted by Crippen LogP contribution is -2.19. The van der Waals surface area contributed by atoms with Crippen LogP contribution in [0.15, 0.2) is 79.3 Å². The van der Waals surface area contributed by atoms with Crippen molar-refractivity contribution in [3.05, 3.63) is 84.8 Å². The predicted molar refractivity (Wildman–Crippen MR) is 132 cm³/mol. The van der Waals surface area contributed by atoms with E-state index in [4.69, 9.17) is 10.4 Å². The number of nitriles is 1. The monoisotopic (exact) mass is 447 g/mol. The van der Waals surface area contributed by atoms with Gasteiger partial charge in [-0.1, -0.05) is 18.2 Å². The lowest BCUT2D eigenvalue weighted by Gasteiger charge is -2.09. The molecule has 0 aliphatic rings. The van der Waals surface area contributed by atoms with Crippen LogP contribution in [0.4, 0.5) is 16.2 Å². The van der Waals surface area contributed by atoms with Crippen LogP contribution >= 0.6 is 0 Å². The van der Waals surface area contributed by atoms with E-state index in [1.165, 1.54) is 0 Å². The Morgan fingerprint density at radius 3 is 2.68 bits per heavy atom. The topological polar surface area (TPSA) is 111 Å². The number of aryl methyl sites for hydroxylation is 1. The molecule has 0 unspecified atom stereocenters. The number of pyridine rings is 1. The number of hydrogen-bond acceptors (Lipinski definition) is 4. The molecule has 0 aliphatic heterocycles. The van der Waals surface area contributed by atoms with Crippen LogP contribution in [0.2, 0.25) is 0 Å². The van der Waals surface area contributed by atoms with Crippen LogP contribution in [0, 0.1) is 11.3 Å². The zero-order valence-corrected chi connectivity index (χ0v) is 18.4. The van der Waals surface area contributed by atoms with Crippen molar-refractivity contribution in [2.45, 2.75) is 13.5 Å². The normalized spacial score (nSPS) is 10.7. The Labute approximate surface area is 195 Å². The van der Waals surface area contributed by atoms with Gasteiger partial charge in [0.15, 0.2) is 0 Å². The van der Waals surface area contributed by atoms with Gasteiger partial charge in [0.05, 0.1) is 11.6 Å². The van der Waals surface area contributed by atoms with E-state index in [9.17, 15) is 4.79 Å². The molecule has 0 spiro atoms. The molecular formula is C26H21N7O. The van der Waals surface area contributed by atoms with E-state index in [2.05, 4.69) is 33.6 Å². The van der Waals surface area contributed by atoms with Crippen LogP contribution in [0.3, 0.4) is 0 Å². The fourth-order valence-corrected chi connectivity index (χ4v) is 3.86. The number of urea groups is 1. The molecule has 2 amide bonds. The summed E-state index contributed by atoms with van der Waals surface area (Å²) in [7, 11) is 0. The predicted octanol–water partition coefficient (Wildman–Crippen LogP) is 5.63. The van der Waals surface area contributed by atoms with E-state index in [-0.39, 0.29) is 6.03 Å². The van der Waals surface area contributed by atoms with Crippen LogP contribution < -0.4 is 10.6 Å². The van der Waals surface area contributed by atoms with Crippen molar-refractivity contribution in [2.24, 2.45) is 0 Å². The molecule has 2 aromatic carbocycles. The number of anilines is 2. The van der Waals surface area contributed by atoms with Crippen molar-refractivity contribution in [3.8, 4) is 28.5 Å². The smallest absolute Gasteiger partial charge is 0.323 e. The van der Waals surface area contributed by atoms with Crippen LogP contribution in [0.25, 0.3) is 33.4 Å². The highest BCUT2D eigenvalue weighted by Crippen LogP contribution is 2.35. The second-order valence-electron chi connectivity index (χ2n) is 7.69. The summed E-state index contributed by atoms with van der Waals surface area (Å²) in [4.78, 5) is 19.9. The molecule has 3 heterocycles. The molecule has 0 bridgehead atoms. The first kappa shape index (κ1) is 21.0. The van der Waals surface area contributed by atoms with E-state index in [0.29, 0.717) is 16.9 Å². The number of rotatable bonds is 5. The van der Waals surface area contributed by atoms with Crippen molar-refractivity contribution in [3.63, 3.8) is 0 Å². The van der Waals surface area contributed by atoms with Crippen molar-refractivity contribution in [1.29, 1.82) is 5.26 Å². The average molecular weight is 448 g/mol. The zero-order valence-electron chi connectivity index (χ0n) is 18.4. The Balaban J connectivity index is 1.39. The number of carbonyl (C=O) groups excluding carboxylic acids is 1. The average Bonchev–Trinajstić information content (AvgIpc) is 3.52. The van der Waals surface area contributed by atoms with Crippen LogP contribution in [-0.2, 0) is 6.54 Å². The molecule has 166 valence electrons. The molecule has 0 saturated carbocycles. The van der Waals surface area contributed by atoms with Gasteiger partial charge in [-0.3, -0.25) is 4.68 Å². The van der Waals surface area contributed by atoms with Crippen LogP contribution in [-0.4, -0.2) is 25.8 Å². The standard InChI is InChI=1S/C26H21N7O/c1-2-33-16-23(21-10-12-28-25-22(21)11-13-29-25)24(32-33)18-6-8-19(9-7-18)30-26(34)31-20-5-3-4-17(14-20)15-27/h3-14,16H,2H2,1H3,(H,28,29)(H2,30,31,34). The highest BCUT2D eigenvalue weighted by Gasteiger charge is 2.16. The molecule has 8 nitrogen and oxygen atoms in total. The largest absolute Gasteiger partial charge is 0.346 e. The van der Waals surface area contributed by atoms with E-state index >= 15 is 0 Å². The lowest BCUT2D eigenvalue weighted by molar-refractivity contribution is 0.262. The van der Waals surface area contributed by atoms with Gasteiger partial charge in [0.2, 0.25) is 0 Å². The number of fused-ring (bicyclic) bond motifs is 1. The lowest BCUT2D eigenvalue weighted by atomic mass is 10.0. The molecule has 8 heteroatoms.